The van der Waals surface area contributed by atoms with Gasteiger partial charge < -0.3 is 14.4 Å². The molecule has 6 aliphatic rings. The second-order valence-corrected chi connectivity index (χ2v) is 14.7. The number of likely N-dealkylation sites (tertiary alicyclic amines) is 1. The molecule has 5 heteroatoms. The molecule has 1 amide bonds. The van der Waals surface area contributed by atoms with E-state index in [2.05, 4.69) is 38.7 Å². The van der Waals surface area contributed by atoms with Crippen molar-refractivity contribution in [3.63, 3.8) is 0 Å². The zero-order valence-corrected chi connectivity index (χ0v) is 24.8. The van der Waals surface area contributed by atoms with E-state index in [-0.39, 0.29) is 34.9 Å². The highest BCUT2D eigenvalue weighted by Gasteiger charge is 2.69. The summed E-state index contributed by atoms with van der Waals surface area (Å²) in [6, 6.07) is 0. The van der Waals surface area contributed by atoms with Gasteiger partial charge in [-0.2, -0.15) is 0 Å². The van der Waals surface area contributed by atoms with Gasteiger partial charge in [-0.15, -0.1) is 0 Å². The summed E-state index contributed by atoms with van der Waals surface area (Å²) < 4.78 is 13.0. The van der Waals surface area contributed by atoms with Crippen molar-refractivity contribution in [3.8, 4) is 0 Å². The molecule has 1 spiro atoms. The number of hydrogen-bond donors (Lipinski definition) is 0. The number of esters is 1. The van der Waals surface area contributed by atoms with Crippen molar-refractivity contribution in [1.29, 1.82) is 0 Å². The molecule has 212 valence electrons. The van der Waals surface area contributed by atoms with E-state index in [9.17, 15) is 9.59 Å². The van der Waals surface area contributed by atoms with Crippen LogP contribution in [0.15, 0.2) is 11.6 Å². The largest absolute Gasteiger partial charge is 0.462 e. The van der Waals surface area contributed by atoms with Gasteiger partial charge in [-0.05, 0) is 98.2 Å². The average Bonchev–Trinajstić information content (AvgIpc) is 3.31. The third-order valence-corrected chi connectivity index (χ3v) is 12.8. The monoisotopic (exact) mass is 525 g/mol. The van der Waals surface area contributed by atoms with Crippen LogP contribution in [0.3, 0.4) is 0 Å². The Morgan fingerprint density at radius 3 is 2.63 bits per heavy atom. The lowest BCUT2D eigenvalue weighted by Gasteiger charge is -2.59. The molecule has 2 aliphatic heterocycles. The molecule has 11 atom stereocenters. The number of amides is 1. The standard InChI is InChI=1S/C33H51NO4/c1-7-8-29(36)37-24-12-14-31(5)23(17-24)9-10-25-26(31)13-15-32(6)27(25)18-28-30(32)21(3)33(38-28)16-11-20(2)19-34(33)22(4)35/h9,20-21,24-28,30H,7-8,10-19H2,1-6H3/t20-,21-,24-,25+,26-,27-,28+,30-,31-,32-,33+/m0/s1. The predicted molar refractivity (Wildman–Crippen MR) is 148 cm³/mol. The molecule has 6 rings (SSSR count). The molecule has 3 saturated carbocycles. The molecule has 2 saturated heterocycles. The number of ether oxygens (including phenoxy) is 2. The molecule has 0 bridgehead atoms. The van der Waals surface area contributed by atoms with Gasteiger partial charge in [0.15, 0.2) is 0 Å². The van der Waals surface area contributed by atoms with Crippen LogP contribution in [0.5, 0.6) is 0 Å². The first-order chi connectivity index (χ1) is 18.0. The Hall–Kier alpha value is -1.36. The lowest BCUT2D eigenvalue weighted by Crippen LogP contribution is -2.60. The van der Waals surface area contributed by atoms with E-state index in [1.54, 1.807) is 12.5 Å². The van der Waals surface area contributed by atoms with Gasteiger partial charge in [0.1, 0.15) is 11.8 Å². The molecule has 4 aliphatic carbocycles. The van der Waals surface area contributed by atoms with Gasteiger partial charge in [0.2, 0.25) is 5.91 Å². The van der Waals surface area contributed by atoms with Crippen molar-refractivity contribution in [1.82, 2.24) is 4.90 Å². The van der Waals surface area contributed by atoms with Crippen molar-refractivity contribution in [3.05, 3.63) is 11.6 Å². The van der Waals surface area contributed by atoms with Crippen molar-refractivity contribution in [2.75, 3.05) is 6.54 Å². The maximum absolute atomic E-state index is 12.8. The lowest BCUT2D eigenvalue weighted by molar-refractivity contribution is -0.200. The zero-order chi connectivity index (χ0) is 27.0. The van der Waals surface area contributed by atoms with E-state index in [4.69, 9.17) is 9.47 Å². The Balaban J connectivity index is 1.22. The third-order valence-electron chi connectivity index (χ3n) is 12.8. The maximum atomic E-state index is 12.8. The minimum atomic E-state index is -0.391. The topological polar surface area (TPSA) is 55.8 Å². The molecule has 5 fully saturated rings. The van der Waals surface area contributed by atoms with Crippen LogP contribution >= 0.6 is 0 Å². The van der Waals surface area contributed by atoms with Gasteiger partial charge in [0.25, 0.3) is 0 Å². The lowest BCUT2D eigenvalue weighted by atomic mass is 9.46. The Bertz CT molecular complexity index is 1010. The summed E-state index contributed by atoms with van der Waals surface area (Å²) in [5, 5.41) is 0. The summed E-state index contributed by atoms with van der Waals surface area (Å²) in [6.45, 7) is 14.4. The minimum absolute atomic E-state index is 0.0241. The summed E-state index contributed by atoms with van der Waals surface area (Å²) in [4.78, 5) is 27.1. The van der Waals surface area contributed by atoms with Crippen LogP contribution < -0.4 is 0 Å². The number of fused-ring (bicyclic) bond motifs is 7. The SMILES string of the molecule is CCCC(=O)O[C@H]1CC[C@@]2(C)C(=CC[C@H]3[C@@H]4C[C@H]5O[C@]6(CC[C@H](C)CN6C(C)=O)[C@@H](C)[C@@H]5[C@@]4(C)CC[C@@H]32)C1. The highest BCUT2D eigenvalue weighted by atomic mass is 16.5. The highest BCUT2D eigenvalue weighted by molar-refractivity contribution is 5.74. The van der Waals surface area contributed by atoms with Crippen LogP contribution in [0.1, 0.15) is 112 Å². The van der Waals surface area contributed by atoms with E-state index < -0.39 is 5.72 Å². The minimum Gasteiger partial charge on any atom is -0.462 e. The van der Waals surface area contributed by atoms with E-state index in [0.717, 1.165) is 57.4 Å². The van der Waals surface area contributed by atoms with Gasteiger partial charge in [0.05, 0.1) is 6.10 Å². The molecular formula is C33H51NO4. The molecule has 5 nitrogen and oxygen atoms in total. The molecule has 0 aromatic heterocycles. The number of carbonyl (C=O) groups is 2. The van der Waals surface area contributed by atoms with Gasteiger partial charge in [-0.1, -0.05) is 46.3 Å². The quantitative estimate of drug-likeness (QED) is 0.297. The number of piperidine rings is 1. The third kappa shape index (κ3) is 3.79. The fourth-order valence-corrected chi connectivity index (χ4v) is 11.0. The zero-order valence-electron chi connectivity index (χ0n) is 24.8. The number of nitrogens with zero attached hydrogens (tertiary/aromatic N) is 1. The summed E-state index contributed by atoms with van der Waals surface area (Å²) in [6.07, 6.45) is 14.4. The first-order valence-electron chi connectivity index (χ1n) is 15.9. The van der Waals surface area contributed by atoms with Gasteiger partial charge in [-0.25, -0.2) is 0 Å². The summed E-state index contributed by atoms with van der Waals surface area (Å²) in [5.74, 6) is 3.76. The Labute approximate surface area is 230 Å². The maximum Gasteiger partial charge on any atom is 0.306 e. The van der Waals surface area contributed by atoms with Crippen molar-refractivity contribution < 1.29 is 19.1 Å². The smallest absolute Gasteiger partial charge is 0.306 e. The van der Waals surface area contributed by atoms with Crippen molar-refractivity contribution >= 4 is 11.9 Å². The first-order valence-corrected chi connectivity index (χ1v) is 15.9. The van der Waals surface area contributed by atoms with E-state index in [0.29, 0.717) is 36.0 Å². The fraction of sp³-hybridized carbons (Fsp3) is 0.879. The normalized spacial score (nSPS) is 49.5. The summed E-state index contributed by atoms with van der Waals surface area (Å²) in [5.41, 5.74) is 1.71. The average molecular weight is 526 g/mol. The Kier molecular flexibility index (Phi) is 6.60. The van der Waals surface area contributed by atoms with E-state index in [1.165, 1.54) is 19.3 Å². The van der Waals surface area contributed by atoms with Crippen LogP contribution in [0, 0.1) is 46.3 Å². The molecular weight excluding hydrogens is 474 g/mol. The van der Waals surface area contributed by atoms with Crippen molar-refractivity contribution in [2.45, 2.75) is 130 Å². The van der Waals surface area contributed by atoms with E-state index >= 15 is 0 Å². The molecule has 0 radical (unpaired) electrons. The second-order valence-electron chi connectivity index (χ2n) is 14.7. The summed E-state index contributed by atoms with van der Waals surface area (Å²) >= 11 is 0. The first kappa shape index (κ1) is 26.8. The predicted octanol–water partition coefficient (Wildman–Crippen LogP) is 6.90. The van der Waals surface area contributed by atoms with Crippen LogP contribution in [0.2, 0.25) is 0 Å². The number of hydrogen-bond acceptors (Lipinski definition) is 4. The van der Waals surface area contributed by atoms with Crippen LogP contribution in [-0.2, 0) is 19.1 Å². The Morgan fingerprint density at radius 2 is 1.89 bits per heavy atom. The molecule has 0 unspecified atom stereocenters. The van der Waals surface area contributed by atoms with Gasteiger partial charge in [0, 0.05) is 32.2 Å². The Morgan fingerprint density at radius 1 is 1.11 bits per heavy atom. The van der Waals surface area contributed by atoms with Gasteiger partial charge >= 0.3 is 5.97 Å². The molecule has 2 heterocycles. The number of allylic oxidation sites excluding steroid dienone is 1. The van der Waals surface area contributed by atoms with Crippen LogP contribution in [-0.4, -0.2) is 41.3 Å². The number of rotatable bonds is 3. The summed E-state index contributed by atoms with van der Waals surface area (Å²) in [7, 11) is 0. The van der Waals surface area contributed by atoms with Gasteiger partial charge in [-0.3, -0.25) is 9.59 Å². The van der Waals surface area contributed by atoms with Crippen LogP contribution in [0.4, 0.5) is 0 Å². The molecule has 38 heavy (non-hydrogen) atoms. The molecule has 0 N–H and O–H groups in total. The van der Waals surface area contributed by atoms with Crippen LogP contribution in [0.25, 0.3) is 0 Å². The van der Waals surface area contributed by atoms with E-state index in [1.807, 2.05) is 6.92 Å². The fourth-order valence-electron chi connectivity index (χ4n) is 11.0. The molecule has 0 aromatic carbocycles. The second kappa shape index (κ2) is 9.35. The number of carbonyl (C=O) groups excluding carboxylic acids is 2. The molecule has 0 aromatic rings. The highest BCUT2D eigenvalue weighted by Crippen LogP contribution is 2.70. The van der Waals surface area contributed by atoms with Crippen molar-refractivity contribution in [2.24, 2.45) is 46.3 Å².